The van der Waals surface area contributed by atoms with Crippen molar-refractivity contribution < 1.29 is 22.7 Å². The molecule has 0 amide bonds. The Hall–Kier alpha value is -4.41. The van der Waals surface area contributed by atoms with E-state index in [-0.39, 0.29) is 33.7 Å². The molecule has 4 aromatic rings. The number of ether oxygens (including phenoxy) is 1. The first-order valence-corrected chi connectivity index (χ1v) is 9.47. The van der Waals surface area contributed by atoms with Crippen LogP contribution < -0.4 is 21.2 Å². The van der Waals surface area contributed by atoms with Gasteiger partial charge >= 0.3 is 6.36 Å². The van der Waals surface area contributed by atoms with Crippen LogP contribution in [0.3, 0.4) is 0 Å². The monoisotopic (exact) mass is 456 g/mol. The molecule has 0 unspecified atom stereocenters. The van der Waals surface area contributed by atoms with Crippen molar-refractivity contribution in [3.63, 3.8) is 0 Å². The summed E-state index contributed by atoms with van der Waals surface area (Å²) in [5.41, 5.74) is -0.370. The molecule has 0 bridgehead atoms. The Labute approximate surface area is 183 Å². The normalized spacial score (nSPS) is 11.4. The summed E-state index contributed by atoms with van der Waals surface area (Å²) in [5.74, 6) is -0.324. The van der Waals surface area contributed by atoms with E-state index in [1.54, 1.807) is 19.3 Å². The van der Waals surface area contributed by atoms with Crippen LogP contribution in [0.5, 0.6) is 5.75 Å². The minimum Gasteiger partial charge on any atom is -0.406 e. The molecule has 0 spiro atoms. The van der Waals surface area contributed by atoms with Gasteiger partial charge in [0.1, 0.15) is 17.7 Å². The van der Waals surface area contributed by atoms with Crippen molar-refractivity contribution in [3.8, 4) is 11.4 Å². The maximum atomic E-state index is 13.1. The maximum absolute atomic E-state index is 13.1. The molecular weight excluding hydrogens is 441 g/mol. The second-order valence-electron chi connectivity index (χ2n) is 6.99. The fourth-order valence-corrected chi connectivity index (χ4v) is 3.21. The number of alkyl halides is 3. The van der Waals surface area contributed by atoms with Gasteiger partial charge in [-0.3, -0.25) is 14.4 Å². The molecule has 168 valence electrons. The number of aldehydes is 1. The third-order valence-corrected chi connectivity index (χ3v) is 4.75. The van der Waals surface area contributed by atoms with Gasteiger partial charge < -0.3 is 14.6 Å². The summed E-state index contributed by atoms with van der Waals surface area (Å²) in [5, 5.41) is 7.67. The van der Waals surface area contributed by atoms with Crippen LogP contribution in [0, 0.1) is 0 Å². The van der Waals surface area contributed by atoms with Crippen molar-refractivity contribution in [1.29, 1.82) is 0 Å². The minimum absolute atomic E-state index is 0.125. The zero-order valence-electron chi connectivity index (χ0n) is 17.0. The van der Waals surface area contributed by atoms with Crippen LogP contribution in [-0.2, 0) is 7.05 Å². The summed E-state index contributed by atoms with van der Waals surface area (Å²) in [6.07, 6.45) is -2.71. The number of nitrogens with one attached hydrogen (secondary N) is 1. The number of nitrogens with zero attached hydrogens (tertiary/aromatic N) is 3. The lowest BCUT2D eigenvalue weighted by atomic mass is 10.1. The third-order valence-electron chi connectivity index (χ3n) is 4.75. The van der Waals surface area contributed by atoms with E-state index in [1.165, 1.54) is 41.0 Å². The molecule has 0 aliphatic heterocycles. The van der Waals surface area contributed by atoms with Crippen LogP contribution in [0.4, 0.5) is 24.7 Å². The Morgan fingerprint density at radius 1 is 1.00 bits per heavy atom. The van der Waals surface area contributed by atoms with Gasteiger partial charge in [-0.15, -0.1) is 18.3 Å². The lowest BCUT2D eigenvalue weighted by molar-refractivity contribution is -0.274. The van der Waals surface area contributed by atoms with Crippen molar-refractivity contribution in [2.45, 2.75) is 6.36 Å². The number of aryl methyl sites for hydroxylation is 1. The Morgan fingerprint density at radius 3 is 2.39 bits per heavy atom. The molecular formula is C22H15F3N4O4. The Kier molecular flexibility index (Phi) is 5.46. The first-order chi connectivity index (χ1) is 15.7. The molecule has 33 heavy (non-hydrogen) atoms. The lowest BCUT2D eigenvalue weighted by Gasteiger charge is -2.14. The van der Waals surface area contributed by atoms with Gasteiger partial charge in [-0.05, 0) is 48.5 Å². The van der Waals surface area contributed by atoms with E-state index in [1.807, 2.05) is 0 Å². The van der Waals surface area contributed by atoms with Gasteiger partial charge in [0.25, 0.3) is 11.1 Å². The van der Waals surface area contributed by atoms with Crippen molar-refractivity contribution in [2.24, 2.45) is 7.05 Å². The number of benzene rings is 2. The fourth-order valence-electron chi connectivity index (χ4n) is 3.21. The number of carbonyl (C=O) groups is 1. The Balaban J connectivity index is 1.89. The van der Waals surface area contributed by atoms with E-state index in [0.29, 0.717) is 11.7 Å². The number of halogens is 3. The van der Waals surface area contributed by atoms with E-state index in [4.69, 9.17) is 0 Å². The molecule has 11 heteroatoms. The second kappa shape index (κ2) is 8.26. The van der Waals surface area contributed by atoms with E-state index < -0.39 is 17.7 Å². The SMILES string of the molecule is Cn1cccc(Nc2nn(-c3ccc(OC(F)(F)F)cc3)c(=O)c3cc(C=O)ccc23)c1=O. The highest BCUT2D eigenvalue weighted by Crippen LogP contribution is 2.25. The van der Waals surface area contributed by atoms with Crippen LogP contribution in [0.15, 0.2) is 70.4 Å². The molecule has 2 aromatic heterocycles. The number of pyridine rings is 1. The largest absolute Gasteiger partial charge is 0.573 e. The molecule has 0 saturated carbocycles. The van der Waals surface area contributed by atoms with Crippen LogP contribution in [0.2, 0.25) is 0 Å². The fraction of sp³-hybridized carbons (Fsp3) is 0.0909. The first kappa shape index (κ1) is 21.8. The van der Waals surface area contributed by atoms with Crippen molar-refractivity contribution in [1.82, 2.24) is 14.3 Å². The summed E-state index contributed by atoms with van der Waals surface area (Å²) < 4.78 is 43.5. The smallest absolute Gasteiger partial charge is 0.406 e. The summed E-state index contributed by atoms with van der Waals surface area (Å²) >= 11 is 0. The predicted molar refractivity (Wildman–Crippen MR) is 114 cm³/mol. The van der Waals surface area contributed by atoms with Gasteiger partial charge in [0.15, 0.2) is 5.82 Å². The van der Waals surface area contributed by atoms with Gasteiger partial charge in [-0.1, -0.05) is 6.07 Å². The van der Waals surface area contributed by atoms with Crippen LogP contribution in [-0.4, -0.2) is 27.0 Å². The highest BCUT2D eigenvalue weighted by atomic mass is 19.4. The third kappa shape index (κ3) is 4.47. The number of rotatable bonds is 5. The molecule has 0 aliphatic carbocycles. The quantitative estimate of drug-likeness (QED) is 0.462. The summed E-state index contributed by atoms with van der Waals surface area (Å²) in [6.45, 7) is 0. The number of anilines is 2. The van der Waals surface area contributed by atoms with E-state index in [9.17, 15) is 27.6 Å². The summed E-state index contributed by atoms with van der Waals surface area (Å²) in [7, 11) is 1.57. The molecule has 0 aliphatic rings. The molecule has 4 rings (SSSR count). The van der Waals surface area contributed by atoms with Crippen LogP contribution >= 0.6 is 0 Å². The molecule has 2 aromatic carbocycles. The number of aromatic nitrogens is 3. The second-order valence-corrected chi connectivity index (χ2v) is 6.99. The average Bonchev–Trinajstić information content (AvgIpc) is 2.78. The first-order valence-electron chi connectivity index (χ1n) is 9.47. The standard InChI is InChI=1S/C22H15F3N4O4/c1-28-10-2-3-18(21(28)32)26-19-16-9-4-13(12-30)11-17(16)20(31)29(27-19)14-5-7-15(8-6-14)33-22(23,24)25/h2-12H,1H3,(H,26,27). The molecule has 0 saturated heterocycles. The summed E-state index contributed by atoms with van der Waals surface area (Å²) in [6, 6.07) is 12.1. The van der Waals surface area contributed by atoms with Gasteiger partial charge in [0, 0.05) is 24.2 Å². The highest BCUT2D eigenvalue weighted by molar-refractivity contribution is 5.95. The lowest BCUT2D eigenvalue weighted by Crippen LogP contribution is -2.24. The topological polar surface area (TPSA) is 95.2 Å². The number of fused-ring (bicyclic) bond motifs is 1. The van der Waals surface area contributed by atoms with Crippen molar-refractivity contribution in [3.05, 3.63) is 87.1 Å². The molecule has 0 radical (unpaired) electrons. The Bertz CT molecular complexity index is 1470. The van der Waals surface area contributed by atoms with Crippen LogP contribution in [0.1, 0.15) is 10.4 Å². The van der Waals surface area contributed by atoms with E-state index in [2.05, 4.69) is 15.2 Å². The zero-order chi connectivity index (χ0) is 23.8. The van der Waals surface area contributed by atoms with Gasteiger partial charge in [0.05, 0.1) is 11.1 Å². The number of hydrogen-bond acceptors (Lipinski definition) is 6. The zero-order valence-corrected chi connectivity index (χ0v) is 17.0. The van der Waals surface area contributed by atoms with Gasteiger partial charge in [-0.2, -0.15) is 4.68 Å². The average molecular weight is 456 g/mol. The molecule has 1 N–H and O–H groups in total. The molecule has 2 heterocycles. The van der Waals surface area contributed by atoms with Gasteiger partial charge in [0.2, 0.25) is 0 Å². The predicted octanol–water partition coefficient (Wildman–Crippen LogP) is 3.54. The molecule has 8 nitrogen and oxygen atoms in total. The number of carbonyl (C=O) groups excluding carboxylic acids is 1. The van der Waals surface area contributed by atoms with E-state index >= 15 is 0 Å². The van der Waals surface area contributed by atoms with Crippen molar-refractivity contribution >= 4 is 28.6 Å². The maximum Gasteiger partial charge on any atom is 0.573 e. The summed E-state index contributed by atoms with van der Waals surface area (Å²) in [4.78, 5) is 36.8. The molecule has 0 atom stereocenters. The van der Waals surface area contributed by atoms with E-state index in [0.717, 1.165) is 16.8 Å². The Morgan fingerprint density at radius 2 is 1.73 bits per heavy atom. The number of hydrogen-bond donors (Lipinski definition) is 1. The van der Waals surface area contributed by atoms with Crippen molar-refractivity contribution in [2.75, 3.05) is 5.32 Å². The van der Waals surface area contributed by atoms with Gasteiger partial charge in [-0.25, -0.2) is 0 Å². The minimum atomic E-state index is -4.86. The van der Waals surface area contributed by atoms with Crippen LogP contribution in [0.25, 0.3) is 16.5 Å². The molecule has 0 fully saturated rings. The highest BCUT2D eigenvalue weighted by Gasteiger charge is 2.31.